The Morgan fingerprint density at radius 3 is 2.24 bits per heavy atom. The van der Waals surface area contributed by atoms with Gasteiger partial charge in [-0.15, -0.1) is 10.2 Å². The summed E-state index contributed by atoms with van der Waals surface area (Å²) in [6, 6.07) is 0. The third kappa shape index (κ3) is 5.97. The van der Waals surface area contributed by atoms with Crippen molar-refractivity contribution in [2.75, 3.05) is 26.1 Å². The molecule has 0 aliphatic heterocycles. The molecule has 0 radical (unpaired) electrons. The van der Waals surface area contributed by atoms with Crippen molar-refractivity contribution in [2.24, 2.45) is 5.92 Å². The Morgan fingerprint density at radius 2 is 1.66 bits per heavy atom. The summed E-state index contributed by atoms with van der Waals surface area (Å²) in [5.74, 6) is 1.41. The van der Waals surface area contributed by atoms with Crippen LogP contribution in [0.5, 0.6) is 11.8 Å². The molecule has 3 aromatic rings. The number of nitrogens with zero attached hydrogens (tertiary/aromatic N) is 7. The number of nitrogens with one attached hydrogen (secondary N) is 1. The summed E-state index contributed by atoms with van der Waals surface area (Å²) >= 11 is 5.89. The molecule has 4 rings (SSSR count). The average Bonchev–Trinajstić information content (AvgIpc) is 3.30. The zero-order valence-electron chi connectivity index (χ0n) is 21.7. The third-order valence-corrected chi connectivity index (χ3v) is 8.48. The van der Waals surface area contributed by atoms with Gasteiger partial charge in [-0.05, 0) is 12.8 Å². The number of sulfonamides is 1. The summed E-state index contributed by atoms with van der Waals surface area (Å²) in [5.41, 5.74) is 0.294. The van der Waals surface area contributed by atoms with Crippen molar-refractivity contribution in [1.29, 1.82) is 0 Å². The number of ether oxygens (including phenoxy) is 3. The predicted molar refractivity (Wildman–Crippen MR) is 139 cm³/mol. The largest absolute Gasteiger partial charge is 0.479 e. The van der Waals surface area contributed by atoms with E-state index in [-0.39, 0.29) is 23.5 Å². The van der Waals surface area contributed by atoms with Crippen molar-refractivity contribution in [3.05, 3.63) is 35.4 Å². The molecule has 0 aromatic carbocycles. The lowest BCUT2D eigenvalue weighted by molar-refractivity contribution is 0.0950. The van der Waals surface area contributed by atoms with Crippen LogP contribution < -0.4 is 14.2 Å². The summed E-state index contributed by atoms with van der Waals surface area (Å²) in [4.78, 5) is 16.6. The quantitative estimate of drug-likeness (QED) is 0.363. The number of rotatable bonds is 11. The van der Waals surface area contributed by atoms with Crippen LogP contribution in [0, 0.1) is 5.92 Å². The van der Waals surface area contributed by atoms with Crippen LogP contribution in [0.3, 0.4) is 0 Å². The van der Waals surface area contributed by atoms with E-state index in [4.69, 9.17) is 25.8 Å². The fourth-order valence-electron chi connectivity index (χ4n) is 4.60. The highest BCUT2D eigenvalue weighted by Crippen LogP contribution is 2.35. The first-order chi connectivity index (χ1) is 18.3. The molecule has 3 aromatic heterocycles. The van der Waals surface area contributed by atoms with Crippen molar-refractivity contribution in [3.63, 3.8) is 0 Å². The summed E-state index contributed by atoms with van der Waals surface area (Å²) in [6.45, 7) is 1.49. The smallest absolute Gasteiger partial charge is 0.245 e. The van der Waals surface area contributed by atoms with Gasteiger partial charge in [0.1, 0.15) is 23.5 Å². The van der Waals surface area contributed by atoms with E-state index in [0.717, 1.165) is 25.7 Å². The van der Waals surface area contributed by atoms with Crippen LogP contribution in [0.25, 0.3) is 5.69 Å². The summed E-state index contributed by atoms with van der Waals surface area (Å²) in [7, 11) is 0.191. The molecule has 2 unspecified atom stereocenters. The molecule has 1 saturated carbocycles. The molecule has 15 heteroatoms. The fourth-order valence-corrected chi connectivity index (χ4v) is 5.82. The van der Waals surface area contributed by atoms with Gasteiger partial charge in [-0.1, -0.05) is 43.7 Å². The molecule has 1 aliphatic rings. The molecule has 1 aliphatic carbocycles. The molecule has 0 amide bonds. The lowest BCUT2D eigenvalue weighted by Crippen LogP contribution is -2.33. The molecule has 2 atom stereocenters. The molecule has 0 spiro atoms. The van der Waals surface area contributed by atoms with Crippen LogP contribution >= 0.6 is 11.6 Å². The molecule has 1 N–H and O–H groups in total. The van der Waals surface area contributed by atoms with Crippen molar-refractivity contribution in [2.45, 2.75) is 56.8 Å². The predicted octanol–water partition coefficient (Wildman–Crippen LogP) is 3.16. The van der Waals surface area contributed by atoms with Crippen molar-refractivity contribution < 1.29 is 22.6 Å². The van der Waals surface area contributed by atoms with Gasteiger partial charge in [-0.2, -0.15) is 9.97 Å². The molecule has 0 saturated heterocycles. The summed E-state index contributed by atoms with van der Waals surface area (Å²) in [5, 5.41) is 7.78. The Kier molecular flexibility index (Phi) is 8.95. The third-order valence-electron chi connectivity index (χ3n) is 6.59. The Labute approximate surface area is 226 Å². The number of anilines is 1. The van der Waals surface area contributed by atoms with E-state index in [1.165, 1.54) is 53.4 Å². The Balaban J connectivity index is 1.74. The Bertz CT molecular complexity index is 1310. The molecule has 1 fully saturated rings. The maximum Gasteiger partial charge on any atom is 0.245 e. The van der Waals surface area contributed by atoms with Gasteiger partial charge in [-0.25, -0.2) is 18.4 Å². The lowest BCUT2D eigenvalue weighted by atomic mass is 9.87. The average molecular weight is 567 g/mol. The van der Waals surface area contributed by atoms with E-state index >= 15 is 0 Å². The number of halogens is 1. The number of methoxy groups -OCH3 is 3. The van der Waals surface area contributed by atoms with Crippen molar-refractivity contribution in [3.8, 4) is 17.4 Å². The van der Waals surface area contributed by atoms with Crippen LogP contribution in [-0.4, -0.2) is 69.7 Å². The van der Waals surface area contributed by atoms with Gasteiger partial charge in [0.15, 0.2) is 11.5 Å². The van der Waals surface area contributed by atoms with Gasteiger partial charge in [-0.3, -0.25) is 9.29 Å². The van der Waals surface area contributed by atoms with Gasteiger partial charge < -0.3 is 14.2 Å². The SMILES string of the molecule is COc1ncnc(OC)c1-n1c(CC2CCCCC2)nnc1NS(=O)(=O)C(C)C(OC)c1ncc(Cl)cn1. The number of hydrogen-bond acceptors (Lipinski definition) is 11. The molecule has 3 heterocycles. The van der Waals surface area contributed by atoms with Gasteiger partial charge in [0.05, 0.1) is 19.2 Å². The van der Waals surface area contributed by atoms with E-state index in [2.05, 4.69) is 34.9 Å². The van der Waals surface area contributed by atoms with E-state index in [1.807, 2.05) is 0 Å². The zero-order chi connectivity index (χ0) is 27.3. The molecule has 0 bridgehead atoms. The standard InChI is InChI=1S/C23H31ClN8O5S/c1-14(19(35-2)20-25-11-16(24)12-26-20)38(33,34)31-23-30-29-17(10-15-8-6-5-7-9-15)32(23)18-21(36-3)27-13-28-22(18)37-4/h11-15,19H,5-10H2,1-4H3,(H,30,31). The summed E-state index contributed by atoms with van der Waals surface area (Å²) < 4.78 is 47.7. The first kappa shape index (κ1) is 27.9. The Hall–Kier alpha value is -3.10. The maximum atomic E-state index is 13.6. The van der Waals surface area contributed by atoms with Gasteiger partial charge in [0.25, 0.3) is 0 Å². The second kappa shape index (κ2) is 12.2. The van der Waals surface area contributed by atoms with Gasteiger partial charge in [0, 0.05) is 25.9 Å². The normalized spacial score (nSPS) is 16.1. The van der Waals surface area contributed by atoms with Crippen LogP contribution in [0.2, 0.25) is 5.02 Å². The fraction of sp³-hybridized carbons (Fsp3) is 0.565. The highest BCUT2D eigenvalue weighted by molar-refractivity contribution is 7.93. The molecule has 13 nitrogen and oxygen atoms in total. The Morgan fingerprint density at radius 1 is 1.03 bits per heavy atom. The topological polar surface area (TPSA) is 156 Å². The van der Waals surface area contributed by atoms with Gasteiger partial charge in [0.2, 0.25) is 27.7 Å². The maximum absolute atomic E-state index is 13.6. The van der Waals surface area contributed by atoms with E-state index in [0.29, 0.717) is 28.9 Å². The number of aromatic nitrogens is 7. The minimum atomic E-state index is -4.11. The zero-order valence-corrected chi connectivity index (χ0v) is 23.2. The molecular weight excluding hydrogens is 536 g/mol. The lowest BCUT2D eigenvalue weighted by Gasteiger charge is -2.23. The van der Waals surface area contributed by atoms with Gasteiger partial charge >= 0.3 is 0 Å². The highest BCUT2D eigenvalue weighted by Gasteiger charge is 2.35. The molecular formula is C23H31ClN8O5S. The molecule has 38 heavy (non-hydrogen) atoms. The van der Waals surface area contributed by atoms with E-state index in [9.17, 15) is 8.42 Å². The van der Waals surface area contributed by atoms with Crippen LogP contribution in [0.4, 0.5) is 5.95 Å². The first-order valence-corrected chi connectivity index (χ1v) is 14.1. The minimum absolute atomic E-state index is 0.0547. The second-order valence-corrected chi connectivity index (χ2v) is 11.5. The minimum Gasteiger partial charge on any atom is -0.479 e. The van der Waals surface area contributed by atoms with Crippen LogP contribution in [-0.2, 0) is 21.2 Å². The monoisotopic (exact) mass is 566 g/mol. The molecule has 206 valence electrons. The number of hydrogen-bond donors (Lipinski definition) is 1. The van der Waals surface area contributed by atoms with Crippen molar-refractivity contribution >= 4 is 27.6 Å². The van der Waals surface area contributed by atoms with E-state index < -0.39 is 21.4 Å². The highest BCUT2D eigenvalue weighted by atomic mass is 35.5. The van der Waals surface area contributed by atoms with E-state index in [1.54, 1.807) is 4.57 Å². The van der Waals surface area contributed by atoms with Crippen molar-refractivity contribution in [1.82, 2.24) is 34.7 Å². The van der Waals surface area contributed by atoms with Crippen LogP contribution in [0.1, 0.15) is 56.8 Å². The second-order valence-electron chi connectivity index (χ2n) is 8.99. The first-order valence-electron chi connectivity index (χ1n) is 12.2. The summed E-state index contributed by atoms with van der Waals surface area (Å²) in [6.07, 6.45) is 9.27. The van der Waals surface area contributed by atoms with Crippen LogP contribution in [0.15, 0.2) is 18.7 Å².